The Morgan fingerprint density at radius 3 is 2.75 bits per heavy atom. The van der Waals surface area contributed by atoms with Gasteiger partial charge < -0.3 is 0 Å². The number of halogens is 1. The molecule has 5 heteroatoms. The summed E-state index contributed by atoms with van der Waals surface area (Å²) in [6.45, 7) is 3.31. The zero-order chi connectivity index (χ0) is 14.9. The van der Waals surface area contributed by atoms with E-state index in [9.17, 15) is 4.79 Å². The third-order valence-electron chi connectivity index (χ3n) is 3.38. The summed E-state index contributed by atoms with van der Waals surface area (Å²) < 4.78 is 0. The van der Waals surface area contributed by atoms with Crippen LogP contribution in [0.15, 0.2) is 34.8 Å². The Bertz CT molecular complexity index is 674. The van der Waals surface area contributed by atoms with Crippen molar-refractivity contribution in [2.24, 2.45) is 10.9 Å². The molecular weight excluding hydrogens is 292 g/mol. The first kappa shape index (κ1) is 14.8. The molecular formula is C15H13ClN2OS. The van der Waals surface area contributed by atoms with Crippen molar-refractivity contribution in [1.29, 1.82) is 5.41 Å². The largest absolute Gasteiger partial charge is 0.299 e. The number of Topliss-reactive ketones (excluding diaryl/α,β-unsaturated/α-hetero) is 1. The summed E-state index contributed by atoms with van der Waals surface area (Å²) in [6, 6.07) is 7.26. The van der Waals surface area contributed by atoms with Gasteiger partial charge in [-0.25, -0.2) is 4.99 Å². The van der Waals surface area contributed by atoms with Crippen LogP contribution >= 0.6 is 23.8 Å². The Hall–Kier alpha value is -1.61. The van der Waals surface area contributed by atoms with Crippen LogP contribution < -0.4 is 0 Å². The Balaban J connectivity index is 2.66. The summed E-state index contributed by atoms with van der Waals surface area (Å²) in [7, 11) is 0. The summed E-state index contributed by atoms with van der Waals surface area (Å²) in [6.07, 6.45) is 0. The van der Waals surface area contributed by atoms with Gasteiger partial charge in [0.1, 0.15) is 10.8 Å². The number of benzene rings is 1. The molecule has 1 aliphatic heterocycles. The van der Waals surface area contributed by atoms with E-state index in [1.54, 1.807) is 19.1 Å². The lowest BCUT2D eigenvalue weighted by molar-refractivity contribution is -0.119. The first-order valence-corrected chi connectivity index (χ1v) is 6.89. The zero-order valence-corrected chi connectivity index (χ0v) is 12.7. The Kier molecular flexibility index (Phi) is 4.29. The normalized spacial score (nSPS) is 22.2. The van der Waals surface area contributed by atoms with E-state index in [1.165, 1.54) is 6.92 Å². The fourth-order valence-electron chi connectivity index (χ4n) is 2.55. The van der Waals surface area contributed by atoms with Crippen LogP contribution in [0.5, 0.6) is 0 Å². The molecule has 0 fully saturated rings. The van der Waals surface area contributed by atoms with Gasteiger partial charge in [0, 0.05) is 16.7 Å². The summed E-state index contributed by atoms with van der Waals surface area (Å²) >= 11 is 11.2. The maximum absolute atomic E-state index is 12.0. The molecule has 1 N–H and O–H groups in total. The smallest absolute Gasteiger partial charge is 0.139 e. The van der Waals surface area contributed by atoms with E-state index in [2.05, 4.69) is 10.9 Å². The molecule has 2 atom stereocenters. The Labute approximate surface area is 127 Å². The second-order valence-corrected chi connectivity index (χ2v) is 5.54. The first-order chi connectivity index (χ1) is 9.45. The van der Waals surface area contributed by atoms with Crippen molar-refractivity contribution in [3.63, 3.8) is 0 Å². The molecule has 0 spiro atoms. The first-order valence-electron chi connectivity index (χ1n) is 6.10. The highest BCUT2D eigenvalue weighted by molar-refractivity contribution is 7.80. The minimum Gasteiger partial charge on any atom is -0.299 e. The minimum absolute atomic E-state index is 0.00789. The molecule has 0 aliphatic carbocycles. The quantitative estimate of drug-likeness (QED) is 0.515. The van der Waals surface area contributed by atoms with Crippen LogP contribution in [-0.4, -0.2) is 22.4 Å². The van der Waals surface area contributed by atoms with Crippen molar-refractivity contribution in [3.05, 3.63) is 40.4 Å². The molecule has 0 radical (unpaired) electrons. The third-order valence-corrected chi connectivity index (χ3v) is 3.93. The summed E-state index contributed by atoms with van der Waals surface area (Å²) in [5.41, 5.74) is 1.99. The van der Waals surface area contributed by atoms with Gasteiger partial charge in [0.05, 0.1) is 11.5 Å². The topological polar surface area (TPSA) is 53.3 Å². The van der Waals surface area contributed by atoms with E-state index in [-0.39, 0.29) is 11.7 Å². The van der Waals surface area contributed by atoms with Crippen molar-refractivity contribution < 1.29 is 4.79 Å². The Morgan fingerprint density at radius 2 is 2.20 bits per heavy atom. The molecule has 1 heterocycles. The van der Waals surface area contributed by atoms with Crippen LogP contribution in [0.3, 0.4) is 0 Å². The van der Waals surface area contributed by atoms with E-state index in [4.69, 9.17) is 29.2 Å². The lowest BCUT2D eigenvalue weighted by Gasteiger charge is -2.30. The van der Waals surface area contributed by atoms with Crippen molar-refractivity contribution in [2.75, 3.05) is 0 Å². The molecule has 20 heavy (non-hydrogen) atoms. The van der Waals surface area contributed by atoms with Gasteiger partial charge in [-0.05, 0) is 37.4 Å². The lowest BCUT2D eigenvalue weighted by Crippen LogP contribution is -2.34. The molecule has 1 unspecified atom stereocenters. The van der Waals surface area contributed by atoms with Gasteiger partial charge in [0.15, 0.2) is 0 Å². The molecule has 0 aromatic heterocycles. The van der Waals surface area contributed by atoms with E-state index in [0.29, 0.717) is 21.3 Å². The second-order valence-electron chi connectivity index (χ2n) is 4.72. The fourth-order valence-corrected chi connectivity index (χ4v) is 3.07. The molecule has 1 aliphatic rings. The Morgan fingerprint density at radius 1 is 1.50 bits per heavy atom. The van der Waals surface area contributed by atoms with Crippen LogP contribution in [0.1, 0.15) is 25.3 Å². The molecule has 1 aromatic rings. The number of nitrogens with one attached hydrogen (secondary N) is 1. The molecule has 1 aromatic carbocycles. The van der Waals surface area contributed by atoms with Crippen molar-refractivity contribution in [3.8, 4) is 0 Å². The van der Waals surface area contributed by atoms with Crippen LogP contribution in [0, 0.1) is 11.3 Å². The van der Waals surface area contributed by atoms with Crippen LogP contribution in [0.2, 0.25) is 5.02 Å². The second kappa shape index (κ2) is 5.80. The SMILES string of the molecule is CC(=O)C1C(C)=NC(=S)C(=C=N)[C@@H]1c1cccc(Cl)c1. The predicted molar refractivity (Wildman–Crippen MR) is 85.3 cm³/mol. The van der Waals surface area contributed by atoms with Crippen LogP contribution in [0.4, 0.5) is 0 Å². The van der Waals surface area contributed by atoms with E-state index < -0.39 is 5.92 Å². The van der Waals surface area contributed by atoms with Crippen molar-refractivity contribution >= 4 is 46.2 Å². The number of hydrogen-bond acceptors (Lipinski definition) is 3. The maximum Gasteiger partial charge on any atom is 0.139 e. The number of thiocarbonyl (C=S) groups is 1. The van der Waals surface area contributed by atoms with Crippen molar-refractivity contribution in [2.45, 2.75) is 19.8 Å². The minimum atomic E-state index is -0.423. The van der Waals surface area contributed by atoms with Gasteiger partial charge in [-0.15, -0.1) is 0 Å². The van der Waals surface area contributed by atoms with E-state index >= 15 is 0 Å². The average Bonchev–Trinajstić information content (AvgIpc) is 2.37. The fraction of sp³-hybridized carbons (Fsp3) is 0.267. The number of hydrogen-bond donors (Lipinski definition) is 1. The monoisotopic (exact) mass is 304 g/mol. The van der Waals surface area contributed by atoms with Gasteiger partial charge in [0.2, 0.25) is 0 Å². The average molecular weight is 305 g/mol. The number of nitrogens with zero attached hydrogens (tertiary/aromatic N) is 1. The summed E-state index contributed by atoms with van der Waals surface area (Å²) in [5, 5.41) is 8.05. The van der Waals surface area contributed by atoms with Gasteiger partial charge in [-0.1, -0.05) is 36.0 Å². The van der Waals surface area contributed by atoms with Gasteiger partial charge in [0.25, 0.3) is 0 Å². The number of aliphatic imine (C=N–C) groups is 1. The van der Waals surface area contributed by atoms with E-state index in [1.807, 2.05) is 12.1 Å². The van der Waals surface area contributed by atoms with Crippen LogP contribution in [-0.2, 0) is 4.79 Å². The van der Waals surface area contributed by atoms with Crippen molar-refractivity contribution in [1.82, 2.24) is 0 Å². The number of ketones is 1. The number of rotatable bonds is 2. The van der Waals surface area contributed by atoms with Crippen LogP contribution in [0.25, 0.3) is 0 Å². The molecule has 0 saturated carbocycles. The lowest BCUT2D eigenvalue weighted by atomic mass is 9.75. The molecule has 0 amide bonds. The molecule has 2 rings (SSSR count). The highest BCUT2D eigenvalue weighted by Gasteiger charge is 2.37. The van der Waals surface area contributed by atoms with Gasteiger partial charge >= 0.3 is 0 Å². The summed E-state index contributed by atoms with van der Waals surface area (Å²) in [5.74, 6) is 1.58. The summed E-state index contributed by atoms with van der Waals surface area (Å²) in [4.78, 5) is 16.5. The third kappa shape index (κ3) is 2.63. The molecule has 3 nitrogen and oxygen atoms in total. The van der Waals surface area contributed by atoms with Gasteiger partial charge in [-0.2, -0.15) is 0 Å². The standard InChI is InChI=1S/C15H13ClN2OS/c1-8-13(9(2)19)14(12(7-17)15(20)18-8)10-4-3-5-11(16)6-10/h3-6,13-14,17H,1-2H3/t13?,14-/m0/s1. The molecule has 0 saturated heterocycles. The molecule has 0 bridgehead atoms. The zero-order valence-electron chi connectivity index (χ0n) is 11.1. The molecule has 102 valence electrons. The maximum atomic E-state index is 12.0. The highest BCUT2D eigenvalue weighted by Crippen LogP contribution is 2.37. The predicted octanol–water partition coefficient (Wildman–Crippen LogP) is 3.61. The number of carbonyl (C=O) groups excluding carboxylic acids is 1. The highest BCUT2D eigenvalue weighted by atomic mass is 35.5. The number of carbonyl (C=O) groups is 1. The van der Waals surface area contributed by atoms with Gasteiger partial charge in [-0.3, -0.25) is 10.2 Å². The van der Waals surface area contributed by atoms with E-state index in [0.717, 1.165) is 5.56 Å².